The van der Waals surface area contributed by atoms with Crippen LogP contribution in [0, 0.1) is 6.92 Å². The van der Waals surface area contributed by atoms with Crippen LogP contribution in [-0.2, 0) is 6.54 Å². The van der Waals surface area contributed by atoms with Crippen LogP contribution < -0.4 is 10.6 Å². The third-order valence-electron chi connectivity index (χ3n) is 6.87. The molecule has 202 valence electrons. The Morgan fingerprint density at radius 3 is 2.40 bits per heavy atom. The number of carbonyl (C=O) groups is 1. The normalized spacial score (nSPS) is 11.1. The van der Waals surface area contributed by atoms with E-state index in [0.29, 0.717) is 24.6 Å². The number of aromatic nitrogens is 2. The van der Waals surface area contributed by atoms with Crippen molar-refractivity contribution in [3.05, 3.63) is 114 Å². The van der Waals surface area contributed by atoms with Gasteiger partial charge in [0.15, 0.2) is 0 Å². The average Bonchev–Trinajstić information content (AvgIpc) is 2.99. The lowest BCUT2D eigenvalue weighted by Crippen LogP contribution is -2.26. The van der Waals surface area contributed by atoms with E-state index in [2.05, 4.69) is 28.5 Å². The summed E-state index contributed by atoms with van der Waals surface area (Å²) in [6.07, 6.45) is 0. The maximum Gasteiger partial charge on any atom is 0.255 e. The highest BCUT2D eigenvalue weighted by Crippen LogP contribution is 2.28. The minimum Gasteiger partial charge on any atom is -0.395 e. The molecule has 0 fully saturated rings. The fraction of sp³-hybridized carbons (Fsp3) is 0.182. The summed E-state index contributed by atoms with van der Waals surface area (Å²) in [5.74, 6) is 0.312. The van der Waals surface area contributed by atoms with Crippen LogP contribution in [-0.4, -0.2) is 45.6 Å². The molecule has 0 atom stereocenters. The lowest BCUT2D eigenvalue weighted by molar-refractivity contribution is 0.102. The van der Waals surface area contributed by atoms with E-state index >= 15 is 0 Å². The van der Waals surface area contributed by atoms with Gasteiger partial charge in [-0.3, -0.25) is 9.69 Å². The van der Waals surface area contributed by atoms with Crippen LogP contribution in [0.5, 0.6) is 0 Å². The van der Waals surface area contributed by atoms with Crippen LogP contribution in [0.3, 0.4) is 0 Å². The summed E-state index contributed by atoms with van der Waals surface area (Å²) in [6, 6.07) is 31.4. The molecular weight excluding hydrogens is 498 g/mol. The number of hydrogen-bond acceptors (Lipinski definition) is 6. The van der Waals surface area contributed by atoms with Crippen LogP contribution in [0.15, 0.2) is 97.1 Å². The summed E-state index contributed by atoms with van der Waals surface area (Å²) in [5.41, 5.74) is 6.92. The quantitative estimate of drug-likeness (QED) is 0.193. The van der Waals surface area contributed by atoms with E-state index in [0.717, 1.165) is 51.2 Å². The summed E-state index contributed by atoms with van der Waals surface area (Å²) < 4.78 is 0. The molecule has 0 aliphatic heterocycles. The molecule has 3 N–H and O–H groups in total. The molecule has 0 radical (unpaired) electrons. The van der Waals surface area contributed by atoms with Gasteiger partial charge in [-0.2, -0.15) is 0 Å². The molecule has 7 nitrogen and oxygen atoms in total. The Morgan fingerprint density at radius 2 is 1.65 bits per heavy atom. The Labute approximate surface area is 234 Å². The molecule has 40 heavy (non-hydrogen) atoms. The predicted octanol–water partition coefficient (Wildman–Crippen LogP) is 6.42. The van der Waals surface area contributed by atoms with Crippen molar-refractivity contribution in [3.8, 4) is 11.3 Å². The summed E-state index contributed by atoms with van der Waals surface area (Å²) in [6.45, 7) is 6.34. The molecule has 0 saturated carbocycles. The number of carbonyl (C=O) groups excluding carboxylic acids is 1. The number of aryl methyl sites for hydroxylation is 1. The van der Waals surface area contributed by atoms with Gasteiger partial charge in [0, 0.05) is 41.0 Å². The second kappa shape index (κ2) is 12.5. The fourth-order valence-electron chi connectivity index (χ4n) is 4.63. The fourth-order valence-corrected chi connectivity index (χ4v) is 4.63. The highest BCUT2D eigenvalue weighted by Gasteiger charge is 2.12. The highest BCUT2D eigenvalue weighted by molar-refractivity contribution is 6.05. The van der Waals surface area contributed by atoms with Gasteiger partial charge in [0.05, 0.1) is 17.8 Å². The lowest BCUT2D eigenvalue weighted by Gasteiger charge is -2.20. The molecule has 0 bridgehead atoms. The van der Waals surface area contributed by atoms with E-state index in [4.69, 9.17) is 9.97 Å². The zero-order chi connectivity index (χ0) is 27.9. The predicted molar refractivity (Wildman–Crippen MR) is 162 cm³/mol. The van der Waals surface area contributed by atoms with Crippen molar-refractivity contribution in [3.63, 3.8) is 0 Å². The lowest BCUT2D eigenvalue weighted by atomic mass is 10.1. The van der Waals surface area contributed by atoms with Gasteiger partial charge >= 0.3 is 0 Å². The van der Waals surface area contributed by atoms with Crippen molar-refractivity contribution >= 4 is 34.1 Å². The van der Waals surface area contributed by atoms with Crippen molar-refractivity contribution < 1.29 is 9.90 Å². The van der Waals surface area contributed by atoms with Crippen LogP contribution in [0.4, 0.5) is 17.3 Å². The first-order valence-corrected chi connectivity index (χ1v) is 13.5. The molecule has 4 aromatic carbocycles. The first-order chi connectivity index (χ1) is 19.5. The van der Waals surface area contributed by atoms with Crippen LogP contribution in [0.25, 0.3) is 22.2 Å². The van der Waals surface area contributed by atoms with Gasteiger partial charge in [-0.1, -0.05) is 67.6 Å². The Hall–Kier alpha value is -4.59. The zero-order valence-corrected chi connectivity index (χ0v) is 22.8. The summed E-state index contributed by atoms with van der Waals surface area (Å²) in [5, 5.41) is 16.6. The first-order valence-electron chi connectivity index (χ1n) is 13.5. The molecule has 1 amide bonds. The van der Waals surface area contributed by atoms with E-state index < -0.39 is 0 Å². The largest absolute Gasteiger partial charge is 0.395 e. The Kier molecular flexibility index (Phi) is 8.44. The van der Waals surface area contributed by atoms with E-state index in [-0.39, 0.29) is 12.5 Å². The maximum absolute atomic E-state index is 13.1. The number of anilines is 3. The molecule has 5 rings (SSSR count). The third kappa shape index (κ3) is 6.34. The minimum atomic E-state index is -0.178. The SMILES string of the molecule is CCN(CCO)Cc1ccc(C)c(NC(=O)c2ccc(Nc3nc(-c4ccccc4)c4ccccc4n3)cc2)c1. The van der Waals surface area contributed by atoms with Crippen molar-refractivity contribution in [2.24, 2.45) is 0 Å². The number of aliphatic hydroxyl groups excluding tert-OH is 1. The molecule has 1 aromatic heterocycles. The van der Waals surface area contributed by atoms with Gasteiger partial charge in [0.25, 0.3) is 5.91 Å². The number of nitrogens with one attached hydrogen (secondary N) is 2. The van der Waals surface area contributed by atoms with Gasteiger partial charge < -0.3 is 15.7 Å². The molecule has 0 unspecified atom stereocenters. The van der Waals surface area contributed by atoms with Crippen LogP contribution in [0.1, 0.15) is 28.4 Å². The van der Waals surface area contributed by atoms with Gasteiger partial charge in [-0.05, 0) is 61.0 Å². The van der Waals surface area contributed by atoms with Crippen molar-refractivity contribution in [2.75, 3.05) is 30.3 Å². The van der Waals surface area contributed by atoms with E-state index in [1.807, 2.05) is 85.8 Å². The maximum atomic E-state index is 13.1. The van der Waals surface area contributed by atoms with Crippen molar-refractivity contribution in [2.45, 2.75) is 20.4 Å². The number of amides is 1. The van der Waals surface area contributed by atoms with E-state index in [1.165, 1.54) is 0 Å². The number of likely N-dealkylation sites (N-methyl/N-ethyl adjacent to an activating group) is 1. The minimum absolute atomic E-state index is 0.120. The summed E-state index contributed by atoms with van der Waals surface area (Å²) in [4.78, 5) is 24.8. The van der Waals surface area contributed by atoms with Gasteiger partial charge in [-0.15, -0.1) is 0 Å². The number of para-hydroxylation sites is 1. The molecule has 1 heterocycles. The van der Waals surface area contributed by atoms with E-state index in [1.54, 1.807) is 12.1 Å². The number of aliphatic hydroxyl groups is 1. The Morgan fingerprint density at radius 1 is 0.900 bits per heavy atom. The Bertz CT molecular complexity index is 1600. The van der Waals surface area contributed by atoms with E-state index in [9.17, 15) is 9.90 Å². The summed E-state index contributed by atoms with van der Waals surface area (Å²) >= 11 is 0. The van der Waals surface area contributed by atoms with Gasteiger partial charge in [0.1, 0.15) is 0 Å². The second-order valence-corrected chi connectivity index (χ2v) is 9.68. The van der Waals surface area contributed by atoms with Gasteiger partial charge in [0.2, 0.25) is 5.95 Å². The summed E-state index contributed by atoms with van der Waals surface area (Å²) in [7, 11) is 0. The molecular formula is C33H33N5O2. The molecule has 0 spiro atoms. The monoisotopic (exact) mass is 531 g/mol. The number of hydrogen-bond donors (Lipinski definition) is 3. The standard InChI is InChI=1S/C33H33N5O2/c1-3-38(19-20-39)22-24-14-13-23(2)30(21-24)35-32(40)26-15-17-27(18-16-26)34-33-36-29-12-8-7-11-28(29)31(37-33)25-9-5-4-6-10-25/h4-18,21,39H,3,19-20,22H2,1-2H3,(H,35,40)(H,34,36,37). The number of fused-ring (bicyclic) bond motifs is 1. The molecule has 0 aliphatic carbocycles. The van der Waals surface area contributed by atoms with Crippen LogP contribution in [0.2, 0.25) is 0 Å². The number of benzene rings is 4. The molecule has 0 saturated heterocycles. The smallest absolute Gasteiger partial charge is 0.255 e. The topological polar surface area (TPSA) is 90.4 Å². The van der Waals surface area contributed by atoms with Gasteiger partial charge in [-0.25, -0.2) is 9.97 Å². The second-order valence-electron chi connectivity index (χ2n) is 9.68. The average molecular weight is 532 g/mol. The molecule has 5 aromatic rings. The van der Waals surface area contributed by atoms with Crippen molar-refractivity contribution in [1.82, 2.24) is 14.9 Å². The van der Waals surface area contributed by atoms with Crippen LogP contribution >= 0.6 is 0 Å². The third-order valence-corrected chi connectivity index (χ3v) is 6.87. The Balaban J connectivity index is 1.32. The zero-order valence-electron chi connectivity index (χ0n) is 22.8. The van der Waals surface area contributed by atoms with Crippen molar-refractivity contribution in [1.29, 1.82) is 0 Å². The molecule has 0 aliphatic rings. The first kappa shape index (κ1) is 27.0. The number of nitrogens with zero attached hydrogens (tertiary/aromatic N) is 3. The highest BCUT2D eigenvalue weighted by atomic mass is 16.3. The number of rotatable bonds is 10. The molecule has 7 heteroatoms.